The van der Waals surface area contributed by atoms with Crippen LogP contribution in [0.2, 0.25) is 0 Å². The molecule has 4 nitrogen and oxygen atoms in total. The maximum atomic E-state index is 12.5. The predicted octanol–water partition coefficient (Wildman–Crippen LogP) is 3.87. The van der Waals surface area contributed by atoms with Crippen LogP contribution >= 0.6 is 0 Å². The van der Waals surface area contributed by atoms with Crippen LogP contribution in [0.5, 0.6) is 0 Å². The molecule has 2 N–H and O–H groups in total. The Morgan fingerprint density at radius 3 is 2.58 bits per heavy atom. The van der Waals surface area contributed by atoms with E-state index in [1.807, 2.05) is 26.8 Å². The van der Waals surface area contributed by atoms with Crippen molar-refractivity contribution in [3.63, 3.8) is 0 Å². The Balaban J connectivity index is 1.76. The van der Waals surface area contributed by atoms with Crippen LogP contribution in [0.1, 0.15) is 78.7 Å². The molecule has 1 unspecified atom stereocenters. The monoisotopic (exact) mass is 324 g/mol. The van der Waals surface area contributed by atoms with Crippen molar-refractivity contribution in [3.8, 4) is 0 Å². The summed E-state index contributed by atoms with van der Waals surface area (Å²) in [6.45, 7) is 5.94. The van der Waals surface area contributed by atoms with Gasteiger partial charge in [-0.15, -0.1) is 0 Å². The third-order valence-corrected chi connectivity index (χ3v) is 4.56. The Labute approximate surface area is 142 Å². The average molecular weight is 324 g/mol. The van der Waals surface area contributed by atoms with E-state index in [-0.39, 0.29) is 23.4 Å². The smallest absolute Gasteiger partial charge is 0.252 e. The Morgan fingerprint density at radius 2 is 1.92 bits per heavy atom. The van der Waals surface area contributed by atoms with Crippen LogP contribution in [0.4, 0.5) is 0 Å². The number of pyridine rings is 1. The first kappa shape index (κ1) is 16.5. The summed E-state index contributed by atoms with van der Waals surface area (Å²) in [5.41, 5.74) is 3.40. The maximum Gasteiger partial charge on any atom is 0.252 e. The molecule has 0 bridgehead atoms. The summed E-state index contributed by atoms with van der Waals surface area (Å²) in [7, 11) is 0. The van der Waals surface area contributed by atoms with Gasteiger partial charge in [-0.25, -0.2) is 0 Å². The topological polar surface area (TPSA) is 62.0 Å². The number of nitrogens with one attached hydrogen (secondary N) is 2. The molecule has 1 atom stereocenters. The van der Waals surface area contributed by atoms with Crippen molar-refractivity contribution < 1.29 is 4.79 Å². The zero-order valence-electron chi connectivity index (χ0n) is 14.4. The highest BCUT2D eigenvalue weighted by atomic mass is 16.2. The molecule has 1 saturated carbocycles. The van der Waals surface area contributed by atoms with Crippen molar-refractivity contribution >= 4 is 5.91 Å². The van der Waals surface area contributed by atoms with Gasteiger partial charge in [0.25, 0.3) is 5.91 Å². The van der Waals surface area contributed by atoms with E-state index in [1.165, 1.54) is 24.5 Å². The van der Waals surface area contributed by atoms with Crippen LogP contribution in [-0.2, 0) is 0 Å². The molecule has 1 heterocycles. The van der Waals surface area contributed by atoms with Crippen molar-refractivity contribution in [2.24, 2.45) is 0 Å². The first-order chi connectivity index (χ1) is 11.4. The van der Waals surface area contributed by atoms with Crippen molar-refractivity contribution in [2.75, 3.05) is 0 Å². The van der Waals surface area contributed by atoms with E-state index in [2.05, 4.69) is 28.5 Å². The Kier molecular flexibility index (Phi) is 4.56. The van der Waals surface area contributed by atoms with Gasteiger partial charge >= 0.3 is 0 Å². The number of carbonyl (C=O) groups excluding carboxylic acids is 1. The van der Waals surface area contributed by atoms with Gasteiger partial charge in [-0.2, -0.15) is 0 Å². The summed E-state index contributed by atoms with van der Waals surface area (Å²) in [5, 5.41) is 3.00. The molecule has 3 rings (SSSR count). The van der Waals surface area contributed by atoms with Gasteiger partial charge < -0.3 is 10.3 Å². The molecule has 0 radical (unpaired) electrons. The number of rotatable bonds is 5. The lowest BCUT2D eigenvalue weighted by Crippen LogP contribution is -2.28. The largest absolute Gasteiger partial charge is 0.346 e. The van der Waals surface area contributed by atoms with Crippen LogP contribution in [0.15, 0.2) is 41.2 Å². The van der Waals surface area contributed by atoms with Crippen molar-refractivity contribution in [1.82, 2.24) is 10.3 Å². The highest BCUT2D eigenvalue weighted by molar-refractivity contribution is 5.94. The molecule has 1 fully saturated rings. The number of aromatic nitrogens is 1. The lowest BCUT2D eigenvalue weighted by atomic mass is 10.0. The number of hydrogen-bond donors (Lipinski definition) is 2. The summed E-state index contributed by atoms with van der Waals surface area (Å²) < 4.78 is 0. The second kappa shape index (κ2) is 6.63. The van der Waals surface area contributed by atoms with Crippen molar-refractivity contribution in [3.05, 3.63) is 69.1 Å². The quantitative estimate of drug-likeness (QED) is 0.877. The number of benzene rings is 1. The van der Waals surface area contributed by atoms with Gasteiger partial charge in [0.2, 0.25) is 5.56 Å². The Hall–Kier alpha value is -2.36. The summed E-state index contributed by atoms with van der Waals surface area (Å²) in [5.74, 6) is 0.638. The predicted molar refractivity (Wildman–Crippen MR) is 95.4 cm³/mol. The minimum atomic E-state index is -0.241. The van der Waals surface area contributed by atoms with E-state index in [1.54, 1.807) is 6.07 Å². The molecular formula is C20H24N2O2. The summed E-state index contributed by atoms with van der Waals surface area (Å²) >= 11 is 0. The fraction of sp³-hybridized carbons (Fsp3) is 0.400. The summed E-state index contributed by atoms with van der Waals surface area (Å²) in [4.78, 5) is 27.1. The summed E-state index contributed by atoms with van der Waals surface area (Å²) in [6.07, 6.45) is 2.52. The lowest BCUT2D eigenvalue weighted by molar-refractivity contribution is 0.0939. The molecule has 0 saturated heterocycles. The molecule has 1 aromatic heterocycles. The Morgan fingerprint density at radius 1 is 1.17 bits per heavy atom. The molecule has 0 aliphatic heterocycles. The highest BCUT2D eigenvalue weighted by Gasteiger charge is 2.24. The number of H-pyrrole nitrogens is 1. The first-order valence-electron chi connectivity index (χ1n) is 8.59. The van der Waals surface area contributed by atoms with E-state index in [0.29, 0.717) is 11.5 Å². The third kappa shape index (κ3) is 3.75. The molecule has 0 spiro atoms. The van der Waals surface area contributed by atoms with Gasteiger partial charge in [-0.3, -0.25) is 9.59 Å². The number of hydrogen-bond acceptors (Lipinski definition) is 2. The molecular weight excluding hydrogens is 300 g/mol. The standard InChI is InChI=1S/C20H24N2O2/c1-12(2)18-10-17(11-19(23)22-18)20(24)21-13(3)15-5-4-6-16(9-15)14-7-8-14/h4-6,9-14H,7-8H2,1-3H3,(H,21,24)(H,22,23). The molecule has 24 heavy (non-hydrogen) atoms. The third-order valence-electron chi connectivity index (χ3n) is 4.56. The van der Waals surface area contributed by atoms with E-state index in [9.17, 15) is 9.59 Å². The summed E-state index contributed by atoms with van der Waals surface area (Å²) in [6, 6.07) is 11.4. The van der Waals surface area contributed by atoms with Gasteiger partial charge in [0.15, 0.2) is 0 Å². The zero-order chi connectivity index (χ0) is 17.3. The fourth-order valence-corrected chi connectivity index (χ4v) is 2.87. The van der Waals surface area contributed by atoms with Gasteiger partial charge in [0.1, 0.15) is 0 Å². The lowest BCUT2D eigenvalue weighted by Gasteiger charge is -2.16. The average Bonchev–Trinajstić information content (AvgIpc) is 3.39. The van der Waals surface area contributed by atoms with E-state index < -0.39 is 0 Å². The number of amides is 1. The molecule has 1 aliphatic rings. The van der Waals surface area contributed by atoms with Crippen LogP contribution in [0.3, 0.4) is 0 Å². The van der Waals surface area contributed by atoms with Gasteiger partial charge in [-0.05, 0) is 48.8 Å². The van der Waals surface area contributed by atoms with Crippen LogP contribution in [-0.4, -0.2) is 10.9 Å². The Bertz CT molecular complexity index is 803. The molecule has 1 aromatic carbocycles. The minimum absolute atomic E-state index is 0.0991. The van der Waals surface area contributed by atoms with Crippen LogP contribution < -0.4 is 10.9 Å². The second-order valence-electron chi connectivity index (χ2n) is 6.98. The normalized spacial score (nSPS) is 15.3. The van der Waals surface area contributed by atoms with Gasteiger partial charge in [0, 0.05) is 17.3 Å². The number of aromatic amines is 1. The number of carbonyl (C=O) groups is 1. The van der Waals surface area contributed by atoms with E-state index >= 15 is 0 Å². The van der Waals surface area contributed by atoms with Gasteiger partial charge in [0.05, 0.1) is 6.04 Å². The fourth-order valence-electron chi connectivity index (χ4n) is 2.87. The van der Waals surface area contributed by atoms with E-state index in [0.717, 1.165) is 11.3 Å². The zero-order valence-corrected chi connectivity index (χ0v) is 14.4. The van der Waals surface area contributed by atoms with E-state index in [4.69, 9.17) is 0 Å². The maximum absolute atomic E-state index is 12.5. The minimum Gasteiger partial charge on any atom is -0.346 e. The van der Waals surface area contributed by atoms with Crippen molar-refractivity contribution in [2.45, 2.75) is 51.5 Å². The second-order valence-corrected chi connectivity index (χ2v) is 6.98. The van der Waals surface area contributed by atoms with Crippen LogP contribution in [0.25, 0.3) is 0 Å². The molecule has 1 aliphatic carbocycles. The SMILES string of the molecule is CC(C)c1cc(C(=O)NC(C)c2cccc(C3CC3)c2)cc(=O)[nH]1. The van der Waals surface area contributed by atoms with Crippen LogP contribution in [0, 0.1) is 0 Å². The molecule has 126 valence electrons. The molecule has 1 amide bonds. The van der Waals surface area contributed by atoms with Gasteiger partial charge in [-0.1, -0.05) is 38.1 Å². The highest BCUT2D eigenvalue weighted by Crippen LogP contribution is 2.40. The molecule has 2 aromatic rings. The molecule has 4 heteroatoms. The first-order valence-corrected chi connectivity index (χ1v) is 8.59. The van der Waals surface area contributed by atoms with Crippen molar-refractivity contribution in [1.29, 1.82) is 0 Å².